The highest BCUT2D eigenvalue weighted by Gasteiger charge is 2.43. The minimum Gasteiger partial charge on any atom is -0.473 e. The Kier molecular flexibility index (Phi) is 4.31. The first-order valence-corrected chi connectivity index (χ1v) is 8.31. The predicted octanol–water partition coefficient (Wildman–Crippen LogP) is 4.01. The summed E-state index contributed by atoms with van der Waals surface area (Å²) in [6, 6.07) is 3.64. The summed E-state index contributed by atoms with van der Waals surface area (Å²) < 4.78 is 32.3. The van der Waals surface area contributed by atoms with Crippen LogP contribution < -0.4 is 0 Å². The van der Waals surface area contributed by atoms with Crippen LogP contribution in [0.3, 0.4) is 0 Å². The quantitative estimate of drug-likeness (QED) is 0.827. The number of ether oxygens (including phenoxy) is 1. The molecule has 0 atom stereocenters. The van der Waals surface area contributed by atoms with Crippen molar-refractivity contribution in [2.45, 2.75) is 45.9 Å². The number of hydrogen-bond donors (Lipinski definition) is 0. The van der Waals surface area contributed by atoms with E-state index in [-0.39, 0.29) is 12.1 Å². The SMILES string of the molecule is C=C1N=C(OCc2cc(F)cc(F)c2)C=C2N1CC(C)(C)N2C(C)C. The highest BCUT2D eigenvalue weighted by Crippen LogP contribution is 2.38. The van der Waals surface area contributed by atoms with Gasteiger partial charge in [-0.1, -0.05) is 6.58 Å². The minimum atomic E-state index is -0.623. The van der Waals surface area contributed by atoms with Gasteiger partial charge < -0.3 is 14.5 Å². The van der Waals surface area contributed by atoms with E-state index in [1.165, 1.54) is 12.1 Å². The standard InChI is InChI=1S/C19H23F2N3O/c1-12(2)24-18-9-17(22-13(3)23(18)11-19(24,4)5)25-10-14-6-15(20)8-16(21)7-14/h6-9,12H,3,10-11H2,1-2,4-5H3. The van der Waals surface area contributed by atoms with Gasteiger partial charge in [-0.2, -0.15) is 4.99 Å². The Bertz CT molecular complexity index is 748. The number of aliphatic imine (C=N–C) groups is 1. The zero-order valence-corrected chi connectivity index (χ0v) is 15.0. The Balaban J connectivity index is 1.81. The van der Waals surface area contributed by atoms with Crippen molar-refractivity contribution in [1.82, 2.24) is 9.80 Å². The molecule has 134 valence electrons. The zero-order chi connectivity index (χ0) is 18.4. The Morgan fingerprint density at radius 2 is 1.88 bits per heavy atom. The van der Waals surface area contributed by atoms with E-state index in [2.05, 4.69) is 49.1 Å². The fourth-order valence-corrected chi connectivity index (χ4v) is 3.57. The van der Waals surface area contributed by atoms with Crippen LogP contribution >= 0.6 is 0 Å². The minimum absolute atomic E-state index is 0.0373. The van der Waals surface area contributed by atoms with Crippen LogP contribution in [0.25, 0.3) is 0 Å². The molecule has 1 aromatic carbocycles. The van der Waals surface area contributed by atoms with E-state index < -0.39 is 11.6 Å². The van der Waals surface area contributed by atoms with Gasteiger partial charge in [0.25, 0.3) is 0 Å². The van der Waals surface area contributed by atoms with Crippen LogP contribution in [0.2, 0.25) is 0 Å². The molecule has 2 aliphatic heterocycles. The van der Waals surface area contributed by atoms with Gasteiger partial charge in [-0.15, -0.1) is 0 Å². The second kappa shape index (κ2) is 6.17. The van der Waals surface area contributed by atoms with Crippen LogP contribution in [0.5, 0.6) is 0 Å². The average molecular weight is 347 g/mol. The molecule has 0 radical (unpaired) electrons. The fourth-order valence-electron chi connectivity index (χ4n) is 3.57. The molecule has 25 heavy (non-hydrogen) atoms. The van der Waals surface area contributed by atoms with Crippen LogP contribution in [0.1, 0.15) is 33.3 Å². The first kappa shape index (κ1) is 17.5. The number of nitrogens with zero attached hydrogens (tertiary/aromatic N) is 3. The molecule has 0 aliphatic carbocycles. The molecule has 6 heteroatoms. The zero-order valence-electron chi connectivity index (χ0n) is 15.0. The van der Waals surface area contributed by atoms with E-state index in [1.807, 2.05) is 6.08 Å². The average Bonchev–Trinajstić information content (AvgIpc) is 2.75. The van der Waals surface area contributed by atoms with Crippen molar-refractivity contribution in [2.75, 3.05) is 6.54 Å². The Labute approximate surface area is 147 Å². The molecular formula is C19H23F2N3O. The van der Waals surface area contributed by atoms with Gasteiger partial charge in [0.2, 0.25) is 5.90 Å². The van der Waals surface area contributed by atoms with Gasteiger partial charge in [0.05, 0.1) is 5.54 Å². The largest absolute Gasteiger partial charge is 0.473 e. The molecule has 0 saturated carbocycles. The number of hydrogen-bond acceptors (Lipinski definition) is 4. The van der Waals surface area contributed by atoms with Gasteiger partial charge in [-0.25, -0.2) is 8.78 Å². The summed E-state index contributed by atoms with van der Waals surface area (Å²) in [4.78, 5) is 8.75. The van der Waals surface area contributed by atoms with Crippen molar-refractivity contribution in [3.05, 3.63) is 59.7 Å². The van der Waals surface area contributed by atoms with Crippen molar-refractivity contribution < 1.29 is 13.5 Å². The van der Waals surface area contributed by atoms with Crippen LogP contribution in [-0.4, -0.2) is 33.8 Å². The summed E-state index contributed by atoms with van der Waals surface area (Å²) in [5.41, 5.74) is 0.360. The lowest BCUT2D eigenvalue weighted by Crippen LogP contribution is -2.43. The molecule has 2 heterocycles. The Hall–Kier alpha value is -2.37. The summed E-state index contributed by atoms with van der Waals surface area (Å²) in [6.07, 6.45) is 1.86. The van der Waals surface area contributed by atoms with Gasteiger partial charge >= 0.3 is 0 Å². The summed E-state index contributed by atoms with van der Waals surface area (Å²) in [5, 5.41) is 0. The van der Waals surface area contributed by atoms with Crippen molar-refractivity contribution in [1.29, 1.82) is 0 Å². The van der Waals surface area contributed by atoms with E-state index >= 15 is 0 Å². The molecule has 2 aliphatic rings. The van der Waals surface area contributed by atoms with Crippen LogP contribution in [0.4, 0.5) is 8.78 Å². The van der Waals surface area contributed by atoms with Crippen LogP contribution in [-0.2, 0) is 11.3 Å². The van der Waals surface area contributed by atoms with Crippen molar-refractivity contribution in [2.24, 2.45) is 4.99 Å². The smallest absolute Gasteiger partial charge is 0.219 e. The molecule has 0 aromatic heterocycles. The summed E-state index contributed by atoms with van der Waals surface area (Å²) in [6.45, 7) is 13.5. The highest BCUT2D eigenvalue weighted by atomic mass is 19.1. The summed E-state index contributed by atoms with van der Waals surface area (Å²) >= 11 is 0. The van der Waals surface area contributed by atoms with E-state index in [9.17, 15) is 8.78 Å². The number of benzene rings is 1. The predicted molar refractivity (Wildman–Crippen MR) is 93.6 cm³/mol. The maximum atomic E-state index is 13.3. The van der Waals surface area contributed by atoms with Gasteiger partial charge in [-0.3, -0.25) is 0 Å². The number of fused-ring (bicyclic) bond motifs is 1. The summed E-state index contributed by atoms with van der Waals surface area (Å²) in [7, 11) is 0. The third-order valence-electron chi connectivity index (χ3n) is 4.35. The monoisotopic (exact) mass is 347 g/mol. The van der Waals surface area contributed by atoms with Gasteiger partial charge in [0, 0.05) is 24.7 Å². The molecule has 1 aromatic rings. The van der Waals surface area contributed by atoms with E-state index in [0.717, 1.165) is 18.4 Å². The third-order valence-corrected chi connectivity index (χ3v) is 4.35. The maximum absolute atomic E-state index is 13.3. The molecule has 0 spiro atoms. The number of halogens is 2. The molecule has 3 rings (SSSR count). The van der Waals surface area contributed by atoms with E-state index in [4.69, 9.17) is 4.74 Å². The Morgan fingerprint density at radius 1 is 1.24 bits per heavy atom. The lowest BCUT2D eigenvalue weighted by atomic mass is 10.0. The Morgan fingerprint density at radius 3 is 2.48 bits per heavy atom. The van der Waals surface area contributed by atoms with Crippen LogP contribution in [0.15, 0.2) is 47.5 Å². The fraction of sp³-hybridized carbons (Fsp3) is 0.421. The molecule has 0 amide bonds. The van der Waals surface area contributed by atoms with E-state index in [1.54, 1.807) is 0 Å². The lowest BCUT2D eigenvalue weighted by molar-refractivity contribution is 0.174. The molecule has 0 N–H and O–H groups in total. The molecule has 0 bridgehead atoms. The third kappa shape index (κ3) is 3.38. The van der Waals surface area contributed by atoms with Gasteiger partial charge in [0.15, 0.2) is 0 Å². The number of rotatable bonds is 3. The first-order valence-electron chi connectivity index (χ1n) is 8.31. The van der Waals surface area contributed by atoms with Crippen molar-refractivity contribution >= 4 is 5.90 Å². The first-order chi connectivity index (χ1) is 11.7. The van der Waals surface area contributed by atoms with Gasteiger partial charge in [-0.05, 0) is 45.4 Å². The lowest BCUT2D eigenvalue weighted by Gasteiger charge is -2.36. The van der Waals surface area contributed by atoms with Gasteiger partial charge in [0.1, 0.15) is 29.9 Å². The molecule has 4 nitrogen and oxygen atoms in total. The van der Waals surface area contributed by atoms with Crippen molar-refractivity contribution in [3.8, 4) is 0 Å². The normalized spacial score (nSPS) is 19.1. The van der Waals surface area contributed by atoms with E-state index in [0.29, 0.717) is 23.3 Å². The molecule has 1 saturated heterocycles. The molecule has 1 fully saturated rings. The molecular weight excluding hydrogens is 324 g/mol. The van der Waals surface area contributed by atoms with Crippen LogP contribution in [0, 0.1) is 11.6 Å². The highest BCUT2D eigenvalue weighted by molar-refractivity contribution is 5.90. The molecule has 0 unspecified atom stereocenters. The summed E-state index contributed by atoms with van der Waals surface area (Å²) in [5.74, 6) is 0.738. The maximum Gasteiger partial charge on any atom is 0.219 e. The van der Waals surface area contributed by atoms with Crippen molar-refractivity contribution in [3.63, 3.8) is 0 Å². The topological polar surface area (TPSA) is 28.1 Å². The second-order valence-electron chi connectivity index (χ2n) is 7.30. The second-order valence-corrected chi connectivity index (χ2v) is 7.30.